The summed E-state index contributed by atoms with van der Waals surface area (Å²) in [5.41, 5.74) is 0. The second-order valence-electron chi connectivity index (χ2n) is 7.23. The predicted molar refractivity (Wildman–Crippen MR) is 102 cm³/mol. The molecule has 2 aliphatic rings. The molecule has 1 saturated heterocycles. The number of ether oxygens (including phenoxy) is 1. The molecule has 0 radical (unpaired) electrons. The van der Waals surface area contributed by atoms with Crippen molar-refractivity contribution >= 4 is 5.96 Å². The first-order valence-corrected chi connectivity index (χ1v) is 10.1. The summed E-state index contributed by atoms with van der Waals surface area (Å²) in [6.07, 6.45) is 12.3. The average molecular weight is 339 g/mol. The Labute approximate surface area is 148 Å². The van der Waals surface area contributed by atoms with Gasteiger partial charge in [0.1, 0.15) is 0 Å². The minimum atomic E-state index is 0.898. The van der Waals surface area contributed by atoms with Crippen molar-refractivity contribution in [3.63, 3.8) is 0 Å². The third-order valence-corrected chi connectivity index (χ3v) is 5.33. The maximum absolute atomic E-state index is 5.38. The second-order valence-corrected chi connectivity index (χ2v) is 7.23. The van der Waals surface area contributed by atoms with Crippen molar-refractivity contribution in [3.05, 3.63) is 0 Å². The number of nitrogens with zero attached hydrogens (tertiary/aromatic N) is 2. The van der Waals surface area contributed by atoms with E-state index in [1.165, 1.54) is 64.3 Å². The fourth-order valence-corrected chi connectivity index (χ4v) is 3.79. The van der Waals surface area contributed by atoms with Gasteiger partial charge in [-0.3, -0.25) is 9.89 Å². The molecule has 0 aromatic rings. The Bertz CT molecular complexity index is 336. The Morgan fingerprint density at radius 2 is 1.71 bits per heavy atom. The fraction of sp³-hybridized carbons (Fsp3) is 0.947. The summed E-state index contributed by atoms with van der Waals surface area (Å²) in [5.74, 6) is 1.95. The van der Waals surface area contributed by atoms with Gasteiger partial charge in [-0.15, -0.1) is 0 Å². The van der Waals surface area contributed by atoms with Crippen LogP contribution in [-0.4, -0.2) is 63.8 Å². The summed E-state index contributed by atoms with van der Waals surface area (Å²) >= 11 is 0. The van der Waals surface area contributed by atoms with Crippen LogP contribution in [0.5, 0.6) is 0 Å². The minimum absolute atomic E-state index is 0.898. The summed E-state index contributed by atoms with van der Waals surface area (Å²) in [4.78, 5) is 6.83. The lowest BCUT2D eigenvalue weighted by atomic mass is 9.86. The van der Waals surface area contributed by atoms with Gasteiger partial charge in [0, 0.05) is 33.2 Å². The number of morpholine rings is 1. The summed E-state index contributed by atoms with van der Waals surface area (Å²) in [6, 6.07) is 0. The van der Waals surface area contributed by atoms with Gasteiger partial charge in [-0.2, -0.15) is 0 Å². The van der Waals surface area contributed by atoms with Gasteiger partial charge < -0.3 is 15.4 Å². The molecule has 5 heteroatoms. The van der Waals surface area contributed by atoms with Crippen molar-refractivity contribution in [2.75, 3.05) is 53.0 Å². The van der Waals surface area contributed by atoms with E-state index in [0.29, 0.717) is 0 Å². The van der Waals surface area contributed by atoms with Crippen molar-refractivity contribution in [3.8, 4) is 0 Å². The highest BCUT2D eigenvalue weighted by Crippen LogP contribution is 2.26. The zero-order chi connectivity index (χ0) is 16.9. The van der Waals surface area contributed by atoms with Gasteiger partial charge >= 0.3 is 0 Å². The first-order valence-electron chi connectivity index (χ1n) is 10.1. The molecule has 0 aromatic carbocycles. The zero-order valence-corrected chi connectivity index (χ0v) is 15.7. The smallest absolute Gasteiger partial charge is 0.190 e. The molecule has 1 aliphatic carbocycles. The number of guanidine groups is 1. The van der Waals surface area contributed by atoms with Gasteiger partial charge in [0.25, 0.3) is 0 Å². The molecule has 1 heterocycles. The molecule has 5 nitrogen and oxygen atoms in total. The first-order chi connectivity index (χ1) is 11.9. The Morgan fingerprint density at radius 3 is 2.42 bits per heavy atom. The maximum atomic E-state index is 5.38. The molecule has 0 bridgehead atoms. The Balaban J connectivity index is 1.43. The molecule has 1 saturated carbocycles. The van der Waals surface area contributed by atoms with Crippen LogP contribution in [0.3, 0.4) is 0 Å². The van der Waals surface area contributed by atoms with E-state index < -0.39 is 0 Å². The topological polar surface area (TPSA) is 48.9 Å². The van der Waals surface area contributed by atoms with E-state index in [9.17, 15) is 0 Å². The lowest BCUT2D eigenvalue weighted by Gasteiger charge is -2.26. The molecule has 2 fully saturated rings. The predicted octanol–water partition coefficient (Wildman–Crippen LogP) is 2.62. The van der Waals surface area contributed by atoms with E-state index in [-0.39, 0.29) is 0 Å². The molecule has 1 aliphatic heterocycles. The van der Waals surface area contributed by atoms with Crippen LogP contribution < -0.4 is 10.6 Å². The second kappa shape index (κ2) is 12.5. The maximum Gasteiger partial charge on any atom is 0.190 e. The average Bonchev–Trinajstić information content (AvgIpc) is 2.65. The summed E-state index contributed by atoms with van der Waals surface area (Å²) in [6.45, 7) is 7.23. The Hall–Kier alpha value is -0.810. The number of unbranched alkanes of at least 4 members (excludes halogenated alkanes) is 1. The standard InChI is InChI=1S/C19H38N4O/c1-20-19(22-12-7-10-18-8-3-2-4-9-18)21-11-5-6-13-23-14-16-24-17-15-23/h18H,2-17H2,1H3,(H2,20,21,22). The molecule has 140 valence electrons. The van der Waals surface area contributed by atoms with Gasteiger partial charge in [-0.05, 0) is 38.1 Å². The van der Waals surface area contributed by atoms with Crippen LogP contribution in [-0.2, 0) is 4.74 Å². The third kappa shape index (κ3) is 8.34. The minimum Gasteiger partial charge on any atom is -0.379 e. The van der Waals surface area contributed by atoms with Crippen molar-refractivity contribution in [2.45, 2.75) is 57.8 Å². The van der Waals surface area contributed by atoms with Crippen molar-refractivity contribution in [1.29, 1.82) is 0 Å². The van der Waals surface area contributed by atoms with Crippen LogP contribution in [0.1, 0.15) is 57.8 Å². The number of hydrogen-bond acceptors (Lipinski definition) is 3. The van der Waals surface area contributed by atoms with Crippen LogP contribution in [0, 0.1) is 5.92 Å². The highest BCUT2D eigenvalue weighted by molar-refractivity contribution is 5.79. The van der Waals surface area contributed by atoms with Crippen LogP contribution >= 0.6 is 0 Å². The SMILES string of the molecule is CN=C(NCCCCN1CCOCC1)NCCCC1CCCCC1. The number of hydrogen-bond donors (Lipinski definition) is 2. The van der Waals surface area contributed by atoms with E-state index in [2.05, 4.69) is 20.5 Å². The molecule has 0 aromatic heterocycles. The van der Waals surface area contributed by atoms with Gasteiger partial charge in [0.15, 0.2) is 5.96 Å². The molecule has 0 spiro atoms. The van der Waals surface area contributed by atoms with E-state index >= 15 is 0 Å². The van der Waals surface area contributed by atoms with Crippen molar-refractivity contribution in [2.24, 2.45) is 10.9 Å². The van der Waals surface area contributed by atoms with Crippen molar-refractivity contribution in [1.82, 2.24) is 15.5 Å². The van der Waals surface area contributed by atoms with Crippen LogP contribution in [0.2, 0.25) is 0 Å². The number of rotatable bonds is 9. The molecule has 2 N–H and O–H groups in total. The third-order valence-electron chi connectivity index (χ3n) is 5.33. The van der Waals surface area contributed by atoms with Gasteiger partial charge in [-0.1, -0.05) is 32.1 Å². The summed E-state index contributed by atoms with van der Waals surface area (Å²) in [7, 11) is 1.87. The largest absolute Gasteiger partial charge is 0.379 e. The lowest BCUT2D eigenvalue weighted by molar-refractivity contribution is 0.0372. The molecule has 0 atom stereocenters. The quantitative estimate of drug-likeness (QED) is 0.385. The summed E-state index contributed by atoms with van der Waals surface area (Å²) < 4.78 is 5.38. The monoisotopic (exact) mass is 338 g/mol. The lowest BCUT2D eigenvalue weighted by Crippen LogP contribution is -2.39. The van der Waals surface area contributed by atoms with Gasteiger partial charge in [0.05, 0.1) is 13.2 Å². The van der Waals surface area contributed by atoms with Gasteiger partial charge in [0.2, 0.25) is 0 Å². The van der Waals surface area contributed by atoms with Crippen molar-refractivity contribution < 1.29 is 4.74 Å². The normalized spacial score (nSPS) is 21.0. The van der Waals surface area contributed by atoms with Crippen LogP contribution in [0.15, 0.2) is 4.99 Å². The summed E-state index contributed by atoms with van der Waals surface area (Å²) in [5, 5.41) is 6.90. The van der Waals surface area contributed by atoms with E-state index in [0.717, 1.165) is 51.3 Å². The molecule has 0 amide bonds. The molecular formula is C19H38N4O. The number of aliphatic imine (C=N–C) groups is 1. The molecule has 2 rings (SSSR count). The molecule has 0 unspecified atom stereocenters. The fourth-order valence-electron chi connectivity index (χ4n) is 3.79. The Morgan fingerprint density at radius 1 is 1.00 bits per heavy atom. The zero-order valence-electron chi connectivity index (χ0n) is 15.7. The van der Waals surface area contributed by atoms with E-state index in [1.54, 1.807) is 0 Å². The Kier molecular flexibility index (Phi) is 10.2. The highest BCUT2D eigenvalue weighted by atomic mass is 16.5. The highest BCUT2D eigenvalue weighted by Gasteiger charge is 2.12. The van der Waals surface area contributed by atoms with E-state index in [1.807, 2.05) is 7.05 Å². The molecule has 24 heavy (non-hydrogen) atoms. The van der Waals surface area contributed by atoms with Gasteiger partial charge in [-0.25, -0.2) is 0 Å². The molecular weight excluding hydrogens is 300 g/mol. The number of nitrogens with one attached hydrogen (secondary N) is 2. The first kappa shape index (κ1) is 19.5. The van der Waals surface area contributed by atoms with Crippen LogP contribution in [0.25, 0.3) is 0 Å². The van der Waals surface area contributed by atoms with E-state index in [4.69, 9.17) is 4.74 Å². The van der Waals surface area contributed by atoms with Crippen LogP contribution in [0.4, 0.5) is 0 Å².